The highest BCUT2D eigenvalue weighted by molar-refractivity contribution is 5.87. The molecule has 1 rings (SSSR count). The lowest BCUT2D eigenvalue weighted by Crippen LogP contribution is -2.08. The van der Waals surface area contributed by atoms with Crippen molar-refractivity contribution in [1.82, 2.24) is 0 Å². The molecule has 0 saturated heterocycles. The summed E-state index contributed by atoms with van der Waals surface area (Å²) in [6.45, 7) is 1.20. The van der Waals surface area contributed by atoms with Crippen LogP contribution in [0.1, 0.15) is 45.4 Å². The van der Waals surface area contributed by atoms with Crippen molar-refractivity contribution in [3.05, 3.63) is 11.6 Å². The van der Waals surface area contributed by atoms with Gasteiger partial charge in [-0.05, 0) is 19.3 Å². The van der Waals surface area contributed by atoms with Crippen LogP contribution < -0.4 is 0 Å². The van der Waals surface area contributed by atoms with Gasteiger partial charge in [0.25, 0.3) is 0 Å². The van der Waals surface area contributed by atoms with E-state index < -0.39 is 12.8 Å². The minimum Gasteiger partial charge on any atom is -0.435 e. The lowest BCUT2D eigenvalue weighted by atomic mass is 9.86. The molecule has 0 aromatic heterocycles. The second kappa shape index (κ2) is 6.62. The Labute approximate surface area is 91.1 Å². The third-order valence-corrected chi connectivity index (χ3v) is 3.00. The van der Waals surface area contributed by atoms with Crippen molar-refractivity contribution < 1.29 is 14.6 Å². The summed E-state index contributed by atoms with van der Waals surface area (Å²) in [5.41, 5.74) is 0.606. The maximum Gasteiger partial charge on any atom is 0.335 e. The van der Waals surface area contributed by atoms with Crippen LogP contribution in [-0.2, 0) is 9.53 Å². The molecular formula is C12H20O3. The summed E-state index contributed by atoms with van der Waals surface area (Å²) in [6.07, 6.45) is 9.45. The topological polar surface area (TPSA) is 46.5 Å². The molecule has 1 aliphatic rings. The summed E-state index contributed by atoms with van der Waals surface area (Å²) in [7, 11) is 0. The average molecular weight is 212 g/mol. The zero-order chi connectivity index (χ0) is 11.1. The van der Waals surface area contributed by atoms with Gasteiger partial charge in [-0.2, -0.15) is 0 Å². The Balaban J connectivity index is 2.31. The van der Waals surface area contributed by atoms with Crippen LogP contribution in [0.3, 0.4) is 0 Å². The molecule has 1 N–H and O–H groups in total. The number of ether oxygens (including phenoxy) is 1. The van der Waals surface area contributed by atoms with Crippen LogP contribution in [0.5, 0.6) is 0 Å². The van der Waals surface area contributed by atoms with Gasteiger partial charge in [0, 0.05) is 5.57 Å². The highest BCUT2D eigenvalue weighted by atomic mass is 16.6. The van der Waals surface area contributed by atoms with Crippen molar-refractivity contribution in [2.75, 3.05) is 6.79 Å². The number of hydrogen-bond donors (Lipinski definition) is 1. The molecule has 1 saturated carbocycles. The van der Waals surface area contributed by atoms with E-state index in [1.54, 1.807) is 6.92 Å². The third-order valence-electron chi connectivity index (χ3n) is 3.00. The Morgan fingerprint density at radius 2 is 2.07 bits per heavy atom. The van der Waals surface area contributed by atoms with Gasteiger partial charge in [-0.15, -0.1) is 0 Å². The predicted molar refractivity (Wildman–Crippen MR) is 58.1 cm³/mol. The largest absolute Gasteiger partial charge is 0.435 e. The molecular weight excluding hydrogens is 192 g/mol. The van der Waals surface area contributed by atoms with E-state index in [9.17, 15) is 4.79 Å². The Morgan fingerprint density at radius 3 is 2.67 bits per heavy atom. The lowest BCUT2D eigenvalue weighted by molar-refractivity contribution is -0.146. The SMILES string of the molecule is CC(=CCC1CCCCC1)C(=O)OCO. The van der Waals surface area contributed by atoms with Crippen LogP contribution in [0, 0.1) is 5.92 Å². The first-order valence-corrected chi connectivity index (χ1v) is 5.68. The highest BCUT2D eigenvalue weighted by Gasteiger charge is 2.13. The lowest BCUT2D eigenvalue weighted by Gasteiger charge is -2.19. The van der Waals surface area contributed by atoms with Crippen molar-refractivity contribution in [3.8, 4) is 0 Å². The van der Waals surface area contributed by atoms with E-state index in [-0.39, 0.29) is 0 Å². The summed E-state index contributed by atoms with van der Waals surface area (Å²) in [4.78, 5) is 11.2. The smallest absolute Gasteiger partial charge is 0.335 e. The standard InChI is InChI=1S/C12H20O3/c1-10(12(14)15-9-13)7-8-11-5-3-2-4-6-11/h7,11,13H,2-6,8-9H2,1H3. The number of allylic oxidation sites excluding steroid dienone is 1. The Bertz CT molecular complexity index is 227. The fraction of sp³-hybridized carbons (Fsp3) is 0.750. The van der Waals surface area contributed by atoms with Gasteiger partial charge in [-0.1, -0.05) is 38.2 Å². The van der Waals surface area contributed by atoms with E-state index in [4.69, 9.17) is 5.11 Å². The van der Waals surface area contributed by atoms with Crippen LogP contribution >= 0.6 is 0 Å². The van der Waals surface area contributed by atoms with Crippen molar-refractivity contribution >= 4 is 5.97 Å². The second-order valence-corrected chi connectivity index (χ2v) is 4.19. The quantitative estimate of drug-likeness (QED) is 0.442. The molecule has 0 radical (unpaired) electrons. The molecule has 3 nitrogen and oxygen atoms in total. The van der Waals surface area contributed by atoms with Gasteiger partial charge in [0.2, 0.25) is 0 Å². The van der Waals surface area contributed by atoms with E-state index >= 15 is 0 Å². The molecule has 0 atom stereocenters. The van der Waals surface area contributed by atoms with Crippen LogP contribution in [0.25, 0.3) is 0 Å². The van der Waals surface area contributed by atoms with Gasteiger partial charge < -0.3 is 9.84 Å². The highest BCUT2D eigenvalue weighted by Crippen LogP contribution is 2.26. The molecule has 0 aromatic rings. The number of carbonyl (C=O) groups is 1. The second-order valence-electron chi connectivity index (χ2n) is 4.19. The number of carbonyl (C=O) groups excluding carboxylic acids is 1. The molecule has 1 fully saturated rings. The first-order chi connectivity index (χ1) is 7.24. The number of hydrogen-bond acceptors (Lipinski definition) is 3. The van der Waals surface area contributed by atoms with Crippen molar-refractivity contribution in [2.24, 2.45) is 5.92 Å². The summed E-state index contributed by atoms with van der Waals surface area (Å²) in [5, 5.41) is 8.43. The summed E-state index contributed by atoms with van der Waals surface area (Å²) in [5.74, 6) is 0.323. The van der Waals surface area contributed by atoms with Gasteiger partial charge in [-0.3, -0.25) is 0 Å². The molecule has 1 aliphatic carbocycles. The Hall–Kier alpha value is -0.830. The van der Waals surface area contributed by atoms with Crippen molar-refractivity contribution in [3.63, 3.8) is 0 Å². The van der Waals surface area contributed by atoms with E-state index in [0.29, 0.717) is 5.57 Å². The van der Waals surface area contributed by atoms with Gasteiger partial charge in [0.05, 0.1) is 0 Å². The average Bonchev–Trinajstić information content (AvgIpc) is 2.27. The molecule has 0 spiro atoms. The third kappa shape index (κ3) is 4.47. The van der Waals surface area contributed by atoms with E-state index in [1.807, 2.05) is 6.08 Å². The molecule has 86 valence electrons. The van der Waals surface area contributed by atoms with Crippen LogP contribution in [0.2, 0.25) is 0 Å². The van der Waals surface area contributed by atoms with Crippen LogP contribution in [0.4, 0.5) is 0 Å². The maximum atomic E-state index is 11.2. The molecule has 3 heteroatoms. The number of aliphatic hydroxyl groups excluding tert-OH is 1. The number of rotatable bonds is 4. The normalized spacial score (nSPS) is 18.9. The van der Waals surface area contributed by atoms with Crippen LogP contribution in [0.15, 0.2) is 11.6 Å². The van der Waals surface area contributed by atoms with E-state index in [1.165, 1.54) is 32.1 Å². The number of esters is 1. The molecule has 15 heavy (non-hydrogen) atoms. The maximum absolute atomic E-state index is 11.2. The van der Waals surface area contributed by atoms with Gasteiger partial charge >= 0.3 is 5.97 Å². The van der Waals surface area contributed by atoms with Gasteiger partial charge in [0.1, 0.15) is 0 Å². The minimum absolute atomic E-state index is 0.409. The minimum atomic E-state index is -0.534. The fourth-order valence-electron chi connectivity index (χ4n) is 2.02. The first-order valence-electron chi connectivity index (χ1n) is 5.68. The Kier molecular flexibility index (Phi) is 5.40. The molecule has 0 bridgehead atoms. The summed E-state index contributed by atoms with van der Waals surface area (Å²) >= 11 is 0. The molecule has 0 amide bonds. The Morgan fingerprint density at radius 1 is 1.40 bits per heavy atom. The first kappa shape index (κ1) is 12.2. The van der Waals surface area contributed by atoms with E-state index in [0.717, 1.165) is 12.3 Å². The molecule has 0 aromatic carbocycles. The predicted octanol–water partition coefficient (Wildman–Crippen LogP) is 2.40. The van der Waals surface area contributed by atoms with E-state index in [2.05, 4.69) is 4.74 Å². The monoisotopic (exact) mass is 212 g/mol. The zero-order valence-corrected chi connectivity index (χ0v) is 9.37. The zero-order valence-electron chi connectivity index (χ0n) is 9.37. The van der Waals surface area contributed by atoms with Crippen molar-refractivity contribution in [1.29, 1.82) is 0 Å². The van der Waals surface area contributed by atoms with Crippen LogP contribution in [-0.4, -0.2) is 17.9 Å². The molecule has 0 unspecified atom stereocenters. The van der Waals surface area contributed by atoms with Gasteiger partial charge in [-0.25, -0.2) is 4.79 Å². The molecule has 0 heterocycles. The summed E-state index contributed by atoms with van der Waals surface area (Å²) < 4.78 is 4.49. The van der Waals surface area contributed by atoms with Gasteiger partial charge in [0.15, 0.2) is 6.79 Å². The summed E-state index contributed by atoms with van der Waals surface area (Å²) in [6, 6.07) is 0. The number of aliphatic hydroxyl groups is 1. The molecule has 0 aliphatic heterocycles. The van der Waals surface area contributed by atoms with Crippen molar-refractivity contribution in [2.45, 2.75) is 45.4 Å². The fourth-order valence-corrected chi connectivity index (χ4v) is 2.02.